The molecule has 3 amide bonds. The second kappa shape index (κ2) is 7.60. The molecule has 0 unspecified atom stereocenters. The first-order chi connectivity index (χ1) is 12.1. The Morgan fingerprint density at radius 2 is 2.12 bits per heavy atom. The molecule has 7 nitrogen and oxygen atoms in total. The summed E-state index contributed by atoms with van der Waals surface area (Å²) in [5.41, 5.74) is 0.204. The lowest BCUT2D eigenvalue weighted by Crippen LogP contribution is -2.62. The third kappa shape index (κ3) is 3.96. The summed E-state index contributed by atoms with van der Waals surface area (Å²) in [6.45, 7) is 1.79. The third-order valence-electron chi connectivity index (χ3n) is 4.48. The maximum Gasteiger partial charge on any atom is 0.254 e. The molecule has 134 valence electrons. The molecule has 2 saturated heterocycles. The van der Waals surface area contributed by atoms with Crippen LogP contribution in [0.25, 0.3) is 0 Å². The molecule has 2 heterocycles. The highest BCUT2D eigenvalue weighted by Crippen LogP contribution is 2.13. The number of carbonyl (C=O) groups is 3. The molecule has 0 aliphatic carbocycles. The van der Waals surface area contributed by atoms with Gasteiger partial charge in [0.05, 0.1) is 0 Å². The number of benzene rings is 1. The van der Waals surface area contributed by atoms with Gasteiger partial charge in [0, 0.05) is 31.7 Å². The first kappa shape index (κ1) is 17.3. The second-order valence-corrected chi connectivity index (χ2v) is 6.22. The Hall–Kier alpha value is -2.48. The topological polar surface area (TPSA) is 90.5 Å². The molecule has 1 aromatic carbocycles. The van der Waals surface area contributed by atoms with E-state index in [1.54, 1.807) is 0 Å². The molecule has 3 rings (SSSR count). The average molecular weight is 348 g/mol. The molecule has 25 heavy (non-hydrogen) atoms. The van der Waals surface area contributed by atoms with E-state index in [0.29, 0.717) is 32.6 Å². The van der Waals surface area contributed by atoms with E-state index in [1.165, 1.54) is 23.1 Å². The zero-order valence-corrected chi connectivity index (χ0v) is 13.8. The number of amides is 3. The van der Waals surface area contributed by atoms with Crippen molar-refractivity contribution in [3.05, 3.63) is 35.6 Å². The maximum absolute atomic E-state index is 13.4. The van der Waals surface area contributed by atoms with Crippen LogP contribution in [-0.4, -0.2) is 60.9 Å². The Balaban J connectivity index is 1.72. The molecule has 2 aliphatic heterocycles. The van der Waals surface area contributed by atoms with Gasteiger partial charge in [-0.25, -0.2) is 4.39 Å². The van der Waals surface area contributed by atoms with E-state index in [2.05, 4.69) is 16.0 Å². The van der Waals surface area contributed by atoms with Gasteiger partial charge in [0.25, 0.3) is 5.91 Å². The monoisotopic (exact) mass is 348 g/mol. The molecular formula is C17H21FN4O3. The van der Waals surface area contributed by atoms with Crippen molar-refractivity contribution in [1.29, 1.82) is 0 Å². The van der Waals surface area contributed by atoms with Crippen LogP contribution >= 0.6 is 0 Å². The molecule has 2 atom stereocenters. The van der Waals surface area contributed by atoms with Crippen LogP contribution in [0.15, 0.2) is 24.3 Å². The summed E-state index contributed by atoms with van der Waals surface area (Å²) in [6.07, 6.45) is 1.38. The molecule has 2 fully saturated rings. The molecule has 0 radical (unpaired) electrons. The van der Waals surface area contributed by atoms with Gasteiger partial charge in [-0.2, -0.15) is 0 Å². The van der Waals surface area contributed by atoms with E-state index in [0.717, 1.165) is 12.5 Å². The highest BCUT2D eigenvalue weighted by molar-refractivity contribution is 5.98. The van der Waals surface area contributed by atoms with E-state index in [-0.39, 0.29) is 17.4 Å². The van der Waals surface area contributed by atoms with Gasteiger partial charge in [0.15, 0.2) is 0 Å². The molecule has 0 spiro atoms. The smallest absolute Gasteiger partial charge is 0.254 e. The van der Waals surface area contributed by atoms with Crippen LogP contribution in [-0.2, 0) is 9.59 Å². The van der Waals surface area contributed by atoms with E-state index in [4.69, 9.17) is 0 Å². The van der Waals surface area contributed by atoms with Crippen LogP contribution < -0.4 is 16.0 Å². The minimum atomic E-state index is -0.737. The number of hydrogen-bond acceptors (Lipinski definition) is 4. The summed E-state index contributed by atoms with van der Waals surface area (Å²) >= 11 is 0. The zero-order chi connectivity index (χ0) is 17.8. The van der Waals surface area contributed by atoms with Crippen molar-refractivity contribution < 1.29 is 18.8 Å². The van der Waals surface area contributed by atoms with Gasteiger partial charge in [-0.05, 0) is 31.0 Å². The van der Waals surface area contributed by atoms with Gasteiger partial charge in [-0.1, -0.05) is 6.07 Å². The Bertz CT molecular complexity index is 682. The highest BCUT2D eigenvalue weighted by atomic mass is 19.1. The number of nitrogens with zero attached hydrogens (tertiary/aromatic N) is 1. The maximum atomic E-state index is 13.4. The van der Waals surface area contributed by atoms with Gasteiger partial charge in [-0.3, -0.25) is 14.4 Å². The summed E-state index contributed by atoms with van der Waals surface area (Å²) in [5, 5.41) is 8.52. The quantitative estimate of drug-likeness (QED) is 0.696. The Morgan fingerprint density at radius 1 is 1.28 bits per heavy atom. The summed E-state index contributed by atoms with van der Waals surface area (Å²) in [7, 11) is 0. The predicted molar refractivity (Wildman–Crippen MR) is 88.3 cm³/mol. The number of rotatable bonds is 3. The molecule has 0 aromatic heterocycles. The first-order valence-electron chi connectivity index (χ1n) is 8.41. The Kier molecular flexibility index (Phi) is 5.28. The number of piperidine rings is 1. The molecule has 1 aromatic rings. The zero-order valence-electron chi connectivity index (χ0n) is 13.8. The van der Waals surface area contributed by atoms with E-state index < -0.39 is 23.8 Å². The minimum absolute atomic E-state index is 0.202. The highest BCUT2D eigenvalue weighted by Gasteiger charge is 2.35. The lowest BCUT2D eigenvalue weighted by Gasteiger charge is -2.36. The van der Waals surface area contributed by atoms with Crippen LogP contribution in [0.4, 0.5) is 4.39 Å². The van der Waals surface area contributed by atoms with Gasteiger partial charge in [0.1, 0.15) is 17.9 Å². The van der Waals surface area contributed by atoms with Gasteiger partial charge < -0.3 is 20.9 Å². The van der Waals surface area contributed by atoms with Crippen LogP contribution in [0, 0.1) is 5.82 Å². The van der Waals surface area contributed by atoms with E-state index >= 15 is 0 Å². The molecule has 0 saturated carbocycles. The fourth-order valence-electron chi connectivity index (χ4n) is 3.15. The van der Waals surface area contributed by atoms with Crippen LogP contribution in [0.5, 0.6) is 0 Å². The minimum Gasteiger partial charge on any atom is -0.354 e. The number of carbonyl (C=O) groups excluding carboxylic acids is 3. The summed E-state index contributed by atoms with van der Waals surface area (Å²) in [4.78, 5) is 38.6. The van der Waals surface area contributed by atoms with Gasteiger partial charge >= 0.3 is 0 Å². The fourth-order valence-corrected chi connectivity index (χ4v) is 3.15. The van der Waals surface area contributed by atoms with Crippen molar-refractivity contribution in [3.8, 4) is 0 Å². The fraction of sp³-hybridized carbons (Fsp3) is 0.471. The third-order valence-corrected chi connectivity index (χ3v) is 4.48. The summed E-state index contributed by atoms with van der Waals surface area (Å²) in [5.74, 6) is -1.47. The van der Waals surface area contributed by atoms with E-state index in [9.17, 15) is 18.8 Å². The van der Waals surface area contributed by atoms with Gasteiger partial charge in [0.2, 0.25) is 11.8 Å². The number of hydrogen-bond donors (Lipinski definition) is 3. The van der Waals surface area contributed by atoms with Gasteiger partial charge in [-0.15, -0.1) is 0 Å². The normalized spacial score (nSPS) is 23.7. The average Bonchev–Trinajstić information content (AvgIpc) is 2.63. The van der Waals surface area contributed by atoms with Crippen molar-refractivity contribution in [2.24, 2.45) is 0 Å². The van der Waals surface area contributed by atoms with Crippen LogP contribution in [0.1, 0.15) is 23.2 Å². The largest absolute Gasteiger partial charge is 0.354 e. The standard InChI is InChI=1S/C17H21FN4O3/c18-12-4-1-3-11(9-12)17(25)22-8-7-19-10-14(22)16(24)21-13-5-2-6-20-15(13)23/h1,3-4,9,13-14,19H,2,5-8,10H2,(H,20,23)(H,21,24)/t13-,14-/m0/s1. The lowest BCUT2D eigenvalue weighted by molar-refractivity contribution is -0.132. The summed E-state index contributed by atoms with van der Waals surface area (Å²) < 4.78 is 13.4. The van der Waals surface area contributed by atoms with E-state index in [1.807, 2.05) is 0 Å². The molecule has 2 aliphatic rings. The second-order valence-electron chi connectivity index (χ2n) is 6.22. The van der Waals surface area contributed by atoms with Crippen molar-refractivity contribution in [1.82, 2.24) is 20.9 Å². The molecule has 0 bridgehead atoms. The molecular weight excluding hydrogens is 327 g/mol. The summed E-state index contributed by atoms with van der Waals surface area (Å²) in [6, 6.07) is 4.10. The van der Waals surface area contributed by atoms with Crippen molar-refractivity contribution in [2.45, 2.75) is 24.9 Å². The number of halogens is 1. The molecule has 8 heteroatoms. The van der Waals surface area contributed by atoms with Crippen LogP contribution in [0.2, 0.25) is 0 Å². The number of piperazine rings is 1. The van der Waals surface area contributed by atoms with Crippen molar-refractivity contribution >= 4 is 17.7 Å². The van der Waals surface area contributed by atoms with Crippen molar-refractivity contribution in [3.63, 3.8) is 0 Å². The Morgan fingerprint density at radius 3 is 2.88 bits per heavy atom. The predicted octanol–water partition coefficient (Wildman–Crippen LogP) is -0.365. The lowest BCUT2D eigenvalue weighted by atomic mass is 10.0. The Labute approximate surface area is 144 Å². The first-order valence-corrected chi connectivity index (χ1v) is 8.41. The van der Waals surface area contributed by atoms with Crippen LogP contribution in [0.3, 0.4) is 0 Å². The SMILES string of the molecule is O=C1NCCC[C@@H]1NC(=O)[C@@H]1CNCCN1C(=O)c1cccc(F)c1. The van der Waals surface area contributed by atoms with Crippen molar-refractivity contribution in [2.75, 3.05) is 26.2 Å². The number of nitrogens with one attached hydrogen (secondary N) is 3. The molecule has 3 N–H and O–H groups in total.